The molecule has 0 aromatic heterocycles. The summed E-state index contributed by atoms with van der Waals surface area (Å²) in [5.74, 6) is -1.01. The molecule has 0 spiro atoms. The molecular weight excluding hydrogens is 869 g/mol. The van der Waals surface area contributed by atoms with Crippen LogP contribution in [0.1, 0.15) is 117 Å². The topological polar surface area (TPSA) is 196 Å². The van der Waals surface area contributed by atoms with Gasteiger partial charge in [-0.05, 0) is 102 Å². The number of aliphatic hydroxyl groups is 3. The SMILES string of the molecule is CO[C@H]1[C@@H](O)[C@H](O[C@H]2[C@@H](OC)C[C@H](O[C@H]3[C@@H](OC)C[C@H](O[C@H]4CC[C@@]5(C)C(=CCC6C5C[C@@H](OC(=O)c5ccccc5)[C@]5(C)[C@@H](C(C)OC(C)=O)CC[C@]65O)C4)O[C@@H]3C)O[C@@H]2C)O[C@H](C)[C@H]1O. The Morgan fingerprint density at radius 1 is 0.761 bits per heavy atom. The van der Waals surface area contributed by atoms with E-state index in [-0.39, 0.29) is 41.3 Å². The molecule has 3 saturated heterocycles. The smallest absolute Gasteiger partial charge is 0.338 e. The van der Waals surface area contributed by atoms with Crippen molar-refractivity contribution in [3.8, 4) is 0 Å². The van der Waals surface area contributed by atoms with Crippen molar-refractivity contribution in [3.63, 3.8) is 0 Å². The lowest BCUT2D eigenvalue weighted by molar-refractivity contribution is -0.352. The molecule has 1 aromatic rings. The van der Waals surface area contributed by atoms with Crippen molar-refractivity contribution < 1.29 is 77.0 Å². The van der Waals surface area contributed by atoms with Gasteiger partial charge in [0.1, 0.15) is 42.7 Å². The van der Waals surface area contributed by atoms with Crippen molar-refractivity contribution in [2.75, 3.05) is 21.3 Å². The van der Waals surface area contributed by atoms with Crippen LogP contribution in [-0.4, -0.2) is 152 Å². The van der Waals surface area contributed by atoms with Gasteiger partial charge in [0, 0.05) is 52.4 Å². The minimum Gasteiger partial charge on any atom is -0.463 e. The number of hydrogen-bond acceptors (Lipinski definition) is 16. The maximum Gasteiger partial charge on any atom is 0.338 e. The number of carbonyl (C=O) groups excluding carboxylic acids is 2. The Kier molecular flexibility index (Phi) is 15.4. The molecule has 67 heavy (non-hydrogen) atoms. The van der Waals surface area contributed by atoms with Gasteiger partial charge in [0.15, 0.2) is 18.9 Å². The Balaban J connectivity index is 0.913. The number of aliphatic hydroxyl groups excluding tert-OH is 2. The van der Waals surface area contributed by atoms with E-state index in [9.17, 15) is 24.9 Å². The first-order valence-electron chi connectivity index (χ1n) is 24.6. The molecule has 3 unspecified atom stereocenters. The number of benzene rings is 1. The molecule has 3 heterocycles. The van der Waals surface area contributed by atoms with Crippen molar-refractivity contribution in [1.82, 2.24) is 0 Å². The van der Waals surface area contributed by atoms with Crippen LogP contribution < -0.4 is 0 Å². The maximum atomic E-state index is 13.8. The second-order valence-electron chi connectivity index (χ2n) is 20.9. The number of esters is 2. The van der Waals surface area contributed by atoms with E-state index in [1.807, 2.05) is 39.0 Å². The summed E-state index contributed by atoms with van der Waals surface area (Å²) in [5, 5.41) is 34.5. The number of ether oxygens (including phenoxy) is 11. The summed E-state index contributed by atoms with van der Waals surface area (Å²) in [6, 6.07) is 9.00. The summed E-state index contributed by atoms with van der Waals surface area (Å²) in [4.78, 5) is 26.0. The third-order valence-electron chi connectivity index (χ3n) is 17.4. The molecule has 8 rings (SSSR count). The highest BCUT2D eigenvalue weighted by Gasteiger charge is 2.72. The number of methoxy groups -OCH3 is 3. The van der Waals surface area contributed by atoms with Crippen molar-refractivity contribution in [1.29, 1.82) is 0 Å². The zero-order valence-corrected chi connectivity index (χ0v) is 40.9. The summed E-state index contributed by atoms with van der Waals surface area (Å²) in [7, 11) is 4.68. The average Bonchev–Trinajstić information content (AvgIpc) is 3.59. The van der Waals surface area contributed by atoms with E-state index in [2.05, 4.69) is 19.9 Å². The van der Waals surface area contributed by atoms with Crippen molar-refractivity contribution in [2.24, 2.45) is 28.6 Å². The minimum absolute atomic E-state index is 0.0433. The molecule has 4 aliphatic carbocycles. The number of allylic oxidation sites excluding steroid dienone is 1. The van der Waals surface area contributed by atoms with E-state index in [4.69, 9.17) is 52.1 Å². The van der Waals surface area contributed by atoms with Gasteiger partial charge >= 0.3 is 11.9 Å². The Hall–Kier alpha value is -2.58. The summed E-state index contributed by atoms with van der Waals surface area (Å²) in [6.07, 6.45) is -2.10. The van der Waals surface area contributed by atoms with Crippen LogP contribution >= 0.6 is 0 Å². The van der Waals surface area contributed by atoms with Crippen LogP contribution in [0.4, 0.5) is 0 Å². The lowest BCUT2D eigenvalue weighted by atomic mass is 9.44. The lowest BCUT2D eigenvalue weighted by Crippen LogP contribution is -2.67. The van der Waals surface area contributed by atoms with Gasteiger partial charge in [-0.15, -0.1) is 0 Å². The molecule has 7 aliphatic rings. The predicted octanol–water partition coefficient (Wildman–Crippen LogP) is 5.40. The Labute approximate surface area is 395 Å². The van der Waals surface area contributed by atoms with Gasteiger partial charge in [0.25, 0.3) is 0 Å². The second-order valence-corrected chi connectivity index (χ2v) is 20.9. The van der Waals surface area contributed by atoms with Crippen molar-refractivity contribution in [2.45, 2.75) is 210 Å². The summed E-state index contributed by atoms with van der Waals surface area (Å²) >= 11 is 0. The standard InChI is InChI=1S/C51H76O16/c1-26(60-30(5)52)34-19-21-51(56)35-17-16-32-22-33(18-20-49(32,6)36(35)23-39(50(34,51)7)65-47(55)31-14-12-11-13-15-31)64-40-24-37(57-8)44(28(3)61-40)66-41-25-38(58-9)45(29(4)62-41)67-48-43(54)46(59-10)42(53)27(2)63-48/h11-16,26-29,33-46,48,53-54,56H,17-25H2,1-10H3/t26?,27-,28-,29-,33+,34-,35?,36?,37+,38+,39-,40+,41+,42-,43-,44-,45-,46-,48+,49+,50+,51+/m1/s1. The second kappa shape index (κ2) is 20.3. The minimum atomic E-state index is -1.22. The largest absolute Gasteiger partial charge is 0.463 e. The van der Waals surface area contributed by atoms with Gasteiger partial charge in [-0.2, -0.15) is 0 Å². The molecule has 1 aromatic carbocycles. The molecule has 6 fully saturated rings. The number of carbonyl (C=O) groups is 2. The first-order chi connectivity index (χ1) is 31.9. The summed E-state index contributed by atoms with van der Waals surface area (Å²) in [6.45, 7) is 13.2. The lowest BCUT2D eigenvalue weighted by Gasteiger charge is -2.63. The fourth-order valence-corrected chi connectivity index (χ4v) is 13.7. The maximum absolute atomic E-state index is 13.8. The van der Waals surface area contributed by atoms with E-state index < -0.39 is 103 Å². The number of rotatable bonds is 13. The first kappa shape index (κ1) is 50.8. The van der Waals surface area contributed by atoms with Gasteiger partial charge in [0.05, 0.1) is 47.8 Å². The molecule has 3 N–H and O–H groups in total. The molecule has 0 radical (unpaired) electrons. The van der Waals surface area contributed by atoms with Gasteiger partial charge in [-0.25, -0.2) is 4.79 Å². The van der Waals surface area contributed by atoms with Crippen LogP contribution in [0.15, 0.2) is 42.0 Å². The normalized spacial score (nSPS) is 46.9. The summed E-state index contributed by atoms with van der Waals surface area (Å²) in [5.41, 5.74) is -0.495. The van der Waals surface area contributed by atoms with E-state index in [0.717, 1.165) is 12.8 Å². The zero-order chi connectivity index (χ0) is 48.2. The number of hydrogen-bond donors (Lipinski definition) is 3. The molecular formula is C51H76O16. The molecule has 16 heteroatoms. The van der Waals surface area contributed by atoms with E-state index in [1.54, 1.807) is 33.3 Å². The van der Waals surface area contributed by atoms with E-state index in [0.29, 0.717) is 50.5 Å². The highest BCUT2D eigenvalue weighted by Crippen LogP contribution is 2.69. The van der Waals surface area contributed by atoms with E-state index >= 15 is 0 Å². The quantitative estimate of drug-likeness (QED) is 0.168. The third kappa shape index (κ3) is 9.41. The van der Waals surface area contributed by atoms with Gasteiger partial charge in [-0.3, -0.25) is 4.79 Å². The fraction of sp³-hybridized carbons (Fsp3) is 0.804. The monoisotopic (exact) mass is 945 g/mol. The van der Waals surface area contributed by atoms with Gasteiger partial charge in [-0.1, -0.05) is 43.7 Å². The Morgan fingerprint density at radius 2 is 1.40 bits per heavy atom. The average molecular weight is 945 g/mol. The van der Waals surface area contributed by atoms with Crippen molar-refractivity contribution >= 4 is 11.9 Å². The highest BCUT2D eigenvalue weighted by molar-refractivity contribution is 5.89. The van der Waals surface area contributed by atoms with Crippen LogP contribution in [-0.2, 0) is 56.9 Å². The van der Waals surface area contributed by atoms with Crippen LogP contribution in [0.2, 0.25) is 0 Å². The zero-order valence-electron chi connectivity index (χ0n) is 40.9. The number of fused-ring (bicyclic) bond motifs is 5. The molecule has 3 saturated carbocycles. The molecule has 0 bridgehead atoms. The Morgan fingerprint density at radius 3 is 2.03 bits per heavy atom. The van der Waals surface area contributed by atoms with E-state index in [1.165, 1.54) is 19.6 Å². The molecule has 376 valence electrons. The first-order valence-corrected chi connectivity index (χ1v) is 24.6. The van der Waals surface area contributed by atoms with Gasteiger partial charge in [0.2, 0.25) is 0 Å². The predicted molar refractivity (Wildman–Crippen MR) is 240 cm³/mol. The van der Waals surface area contributed by atoms with Crippen molar-refractivity contribution in [3.05, 3.63) is 47.5 Å². The molecule has 3 aliphatic heterocycles. The van der Waals surface area contributed by atoms with Crippen LogP contribution in [0, 0.1) is 28.6 Å². The Bertz CT molecular complexity index is 1900. The van der Waals surface area contributed by atoms with Crippen LogP contribution in [0.3, 0.4) is 0 Å². The van der Waals surface area contributed by atoms with Gasteiger partial charge < -0.3 is 67.4 Å². The van der Waals surface area contributed by atoms with Crippen LogP contribution in [0.5, 0.6) is 0 Å². The van der Waals surface area contributed by atoms with Crippen LogP contribution in [0.25, 0.3) is 0 Å². The summed E-state index contributed by atoms with van der Waals surface area (Å²) < 4.78 is 68.0. The third-order valence-corrected chi connectivity index (χ3v) is 17.4. The molecule has 16 nitrogen and oxygen atoms in total. The molecule has 22 atom stereocenters. The molecule has 0 amide bonds. The highest BCUT2D eigenvalue weighted by atomic mass is 16.8. The fourth-order valence-electron chi connectivity index (χ4n) is 13.7.